The van der Waals surface area contributed by atoms with Crippen LogP contribution in [0.25, 0.3) is 10.2 Å². The second-order valence-electron chi connectivity index (χ2n) is 3.84. The van der Waals surface area contributed by atoms with Crippen LogP contribution in [-0.4, -0.2) is 16.6 Å². The van der Waals surface area contributed by atoms with E-state index >= 15 is 0 Å². The number of fused-ring (bicyclic) bond motifs is 1. The molecule has 0 aliphatic heterocycles. The first-order valence-electron chi connectivity index (χ1n) is 5.05. The third kappa shape index (κ3) is 2.23. The van der Waals surface area contributed by atoms with E-state index in [-0.39, 0.29) is 0 Å². The Kier molecular flexibility index (Phi) is 3.21. The standard InChI is InChI=1S/C10H14N4OS/c1-6(2)5-15-8-7-3-4-16-9(7)13-10(12-8)14-11/h3-4,6H,5,11H2,1-2H3,(H,12,13,14). The predicted molar refractivity (Wildman–Crippen MR) is 65.6 cm³/mol. The molecular formula is C10H14N4OS. The summed E-state index contributed by atoms with van der Waals surface area (Å²) >= 11 is 1.54. The number of rotatable bonds is 4. The molecule has 0 saturated carbocycles. The molecule has 0 radical (unpaired) electrons. The Morgan fingerprint density at radius 3 is 3.00 bits per heavy atom. The average molecular weight is 238 g/mol. The Balaban J connectivity index is 2.36. The van der Waals surface area contributed by atoms with Crippen molar-refractivity contribution in [1.82, 2.24) is 9.97 Å². The second kappa shape index (κ2) is 4.63. The summed E-state index contributed by atoms with van der Waals surface area (Å²) in [6, 6.07) is 1.95. The zero-order valence-corrected chi connectivity index (χ0v) is 10.0. The highest BCUT2D eigenvalue weighted by atomic mass is 32.1. The number of thiophene rings is 1. The van der Waals surface area contributed by atoms with Crippen molar-refractivity contribution in [2.75, 3.05) is 12.0 Å². The van der Waals surface area contributed by atoms with Crippen LogP contribution in [0.15, 0.2) is 11.4 Å². The van der Waals surface area contributed by atoms with Crippen molar-refractivity contribution in [3.63, 3.8) is 0 Å². The molecule has 0 saturated heterocycles. The highest BCUT2D eigenvalue weighted by molar-refractivity contribution is 7.16. The summed E-state index contributed by atoms with van der Waals surface area (Å²) in [7, 11) is 0. The first kappa shape index (κ1) is 11.1. The minimum atomic E-state index is 0.383. The normalized spacial score (nSPS) is 11.0. The topological polar surface area (TPSA) is 73.1 Å². The molecule has 0 aromatic carbocycles. The van der Waals surface area contributed by atoms with Crippen molar-refractivity contribution < 1.29 is 4.74 Å². The largest absolute Gasteiger partial charge is 0.477 e. The van der Waals surface area contributed by atoms with Gasteiger partial charge in [-0.05, 0) is 17.4 Å². The van der Waals surface area contributed by atoms with Crippen LogP contribution in [0.1, 0.15) is 13.8 Å². The molecule has 2 heterocycles. The summed E-state index contributed by atoms with van der Waals surface area (Å²) in [6.07, 6.45) is 0. The SMILES string of the molecule is CC(C)COc1nc(NN)nc2sccc12. The Labute approximate surface area is 97.6 Å². The van der Waals surface area contributed by atoms with Gasteiger partial charge in [-0.15, -0.1) is 11.3 Å². The number of aromatic nitrogens is 2. The zero-order valence-electron chi connectivity index (χ0n) is 9.23. The maximum absolute atomic E-state index is 5.64. The van der Waals surface area contributed by atoms with Gasteiger partial charge in [0.2, 0.25) is 11.8 Å². The lowest BCUT2D eigenvalue weighted by atomic mass is 10.2. The van der Waals surface area contributed by atoms with Crippen molar-refractivity contribution in [3.05, 3.63) is 11.4 Å². The molecular weight excluding hydrogens is 224 g/mol. The summed E-state index contributed by atoms with van der Waals surface area (Å²) in [5.41, 5.74) is 2.44. The third-order valence-electron chi connectivity index (χ3n) is 1.97. The highest BCUT2D eigenvalue weighted by Crippen LogP contribution is 2.28. The molecule has 3 N–H and O–H groups in total. The van der Waals surface area contributed by atoms with E-state index in [1.165, 1.54) is 11.3 Å². The smallest absolute Gasteiger partial charge is 0.241 e. The van der Waals surface area contributed by atoms with E-state index in [2.05, 4.69) is 29.2 Å². The number of hydrazine groups is 1. The summed E-state index contributed by atoms with van der Waals surface area (Å²) in [5, 5.41) is 2.90. The third-order valence-corrected chi connectivity index (χ3v) is 2.78. The fourth-order valence-corrected chi connectivity index (χ4v) is 2.00. The van der Waals surface area contributed by atoms with E-state index in [0.717, 1.165) is 10.2 Å². The minimum absolute atomic E-state index is 0.383. The van der Waals surface area contributed by atoms with Crippen LogP contribution in [0.4, 0.5) is 5.95 Å². The fraction of sp³-hybridized carbons (Fsp3) is 0.400. The van der Waals surface area contributed by atoms with Gasteiger partial charge in [-0.2, -0.15) is 4.98 Å². The molecule has 6 heteroatoms. The molecule has 16 heavy (non-hydrogen) atoms. The maximum Gasteiger partial charge on any atom is 0.241 e. The van der Waals surface area contributed by atoms with Crippen LogP contribution < -0.4 is 16.0 Å². The lowest BCUT2D eigenvalue weighted by molar-refractivity contribution is 0.265. The van der Waals surface area contributed by atoms with Crippen LogP contribution in [0.5, 0.6) is 5.88 Å². The lowest BCUT2D eigenvalue weighted by Crippen LogP contribution is -2.12. The maximum atomic E-state index is 5.64. The first-order valence-corrected chi connectivity index (χ1v) is 5.93. The highest BCUT2D eigenvalue weighted by Gasteiger charge is 2.09. The van der Waals surface area contributed by atoms with Gasteiger partial charge in [0.15, 0.2) is 0 Å². The Morgan fingerprint density at radius 1 is 1.50 bits per heavy atom. The molecule has 0 bridgehead atoms. The van der Waals surface area contributed by atoms with Crippen molar-refractivity contribution in [3.8, 4) is 5.88 Å². The van der Waals surface area contributed by atoms with Crippen molar-refractivity contribution >= 4 is 27.5 Å². The summed E-state index contributed by atoms with van der Waals surface area (Å²) in [5.74, 6) is 6.74. The van der Waals surface area contributed by atoms with Gasteiger partial charge in [0.25, 0.3) is 0 Å². The second-order valence-corrected chi connectivity index (χ2v) is 4.74. The number of hydrogen-bond acceptors (Lipinski definition) is 6. The number of anilines is 1. The zero-order chi connectivity index (χ0) is 11.5. The van der Waals surface area contributed by atoms with E-state index in [1.54, 1.807) is 0 Å². The summed E-state index contributed by atoms with van der Waals surface area (Å²) < 4.78 is 5.64. The molecule has 5 nitrogen and oxygen atoms in total. The van der Waals surface area contributed by atoms with Gasteiger partial charge in [-0.25, -0.2) is 10.8 Å². The van der Waals surface area contributed by atoms with Crippen molar-refractivity contribution in [1.29, 1.82) is 0 Å². The lowest BCUT2D eigenvalue weighted by Gasteiger charge is -2.09. The number of nitrogens with one attached hydrogen (secondary N) is 1. The number of ether oxygens (including phenoxy) is 1. The van der Waals surface area contributed by atoms with Crippen LogP contribution in [0.2, 0.25) is 0 Å². The molecule has 0 fully saturated rings. The van der Waals surface area contributed by atoms with E-state index in [0.29, 0.717) is 24.4 Å². The number of nitrogens with zero attached hydrogens (tertiary/aromatic N) is 2. The minimum Gasteiger partial charge on any atom is -0.477 e. The molecule has 86 valence electrons. The number of hydrogen-bond donors (Lipinski definition) is 2. The fourth-order valence-electron chi connectivity index (χ4n) is 1.25. The predicted octanol–water partition coefficient (Wildman–Crippen LogP) is 2.01. The van der Waals surface area contributed by atoms with Gasteiger partial charge in [0, 0.05) is 0 Å². The van der Waals surface area contributed by atoms with E-state index < -0.39 is 0 Å². The quantitative estimate of drug-likeness (QED) is 0.629. The van der Waals surface area contributed by atoms with Crippen molar-refractivity contribution in [2.45, 2.75) is 13.8 Å². The molecule has 0 amide bonds. The summed E-state index contributed by atoms with van der Waals surface area (Å²) in [4.78, 5) is 9.31. The Morgan fingerprint density at radius 2 is 2.31 bits per heavy atom. The van der Waals surface area contributed by atoms with Crippen LogP contribution in [0, 0.1) is 5.92 Å². The van der Waals surface area contributed by atoms with Gasteiger partial charge >= 0.3 is 0 Å². The molecule has 0 unspecified atom stereocenters. The van der Waals surface area contributed by atoms with E-state index in [9.17, 15) is 0 Å². The molecule has 0 atom stereocenters. The van der Waals surface area contributed by atoms with Crippen LogP contribution in [0.3, 0.4) is 0 Å². The van der Waals surface area contributed by atoms with Gasteiger partial charge in [0.05, 0.1) is 12.0 Å². The van der Waals surface area contributed by atoms with Crippen LogP contribution in [-0.2, 0) is 0 Å². The summed E-state index contributed by atoms with van der Waals surface area (Å²) in [6.45, 7) is 4.81. The van der Waals surface area contributed by atoms with Crippen molar-refractivity contribution in [2.24, 2.45) is 11.8 Å². The molecule has 0 aliphatic carbocycles. The molecule has 2 aromatic heterocycles. The Hall–Kier alpha value is -1.40. The van der Waals surface area contributed by atoms with E-state index in [4.69, 9.17) is 10.6 Å². The molecule has 0 aliphatic rings. The molecule has 2 rings (SSSR count). The monoisotopic (exact) mass is 238 g/mol. The molecule has 2 aromatic rings. The van der Waals surface area contributed by atoms with Crippen LogP contribution >= 0.6 is 11.3 Å². The van der Waals surface area contributed by atoms with Gasteiger partial charge < -0.3 is 4.74 Å². The van der Waals surface area contributed by atoms with Gasteiger partial charge in [-0.3, -0.25) is 5.43 Å². The number of nitrogen functional groups attached to an aromatic ring is 1. The van der Waals surface area contributed by atoms with Gasteiger partial charge in [-0.1, -0.05) is 13.8 Å². The molecule has 0 spiro atoms. The number of nitrogens with two attached hydrogens (primary N) is 1. The van der Waals surface area contributed by atoms with Gasteiger partial charge in [0.1, 0.15) is 4.83 Å². The average Bonchev–Trinajstić information content (AvgIpc) is 2.73. The van der Waals surface area contributed by atoms with E-state index in [1.807, 2.05) is 11.4 Å². The Bertz CT molecular complexity index is 483. The first-order chi connectivity index (χ1) is 7.70.